The number of rotatable bonds is 2. The molecule has 1 atom stereocenters. The van der Waals surface area contributed by atoms with Crippen molar-refractivity contribution in [2.24, 2.45) is 11.7 Å². The normalized spacial score (nSPS) is 32.9. The highest BCUT2D eigenvalue weighted by atomic mass is 16.3. The molecule has 0 saturated heterocycles. The fraction of sp³-hybridized carbons (Fsp3) is 0.889. The average Bonchev–Trinajstić information content (AvgIpc) is 2.04. The molecule has 0 amide bonds. The molecule has 70 valence electrons. The maximum atomic E-state index is 10.8. The van der Waals surface area contributed by atoms with Crippen molar-refractivity contribution in [3.05, 3.63) is 0 Å². The molecule has 0 heterocycles. The molecular weight excluding hydrogens is 154 g/mol. The molecule has 1 saturated carbocycles. The van der Waals surface area contributed by atoms with E-state index < -0.39 is 6.10 Å². The van der Waals surface area contributed by atoms with E-state index in [2.05, 4.69) is 0 Å². The van der Waals surface area contributed by atoms with Gasteiger partial charge in [0.2, 0.25) is 0 Å². The Kier molecular flexibility index (Phi) is 3.23. The predicted octanol–water partition coefficient (Wildman–Crippen LogP) is 0.454. The van der Waals surface area contributed by atoms with E-state index in [-0.39, 0.29) is 17.7 Å². The smallest absolute Gasteiger partial charge is 0.158 e. The molecule has 0 aromatic carbocycles. The predicted molar refractivity (Wildman–Crippen MR) is 46.6 cm³/mol. The second kappa shape index (κ2) is 4.01. The van der Waals surface area contributed by atoms with Gasteiger partial charge in [0.15, 0.2) is 5.78 Å². The first kappa shape index (κ1) is 9.68. The zero-order valence-electron chi connectivity index (χ0n) is 7.49. The van der Waals surface area contributed by atoms with E-state index in [1.165, 1.54) is 6.92 Å². The first-order valence-corrected chi connectivity index (χ1v) is 4.55. The van der Waals surface area contributed by atoms with Crippen molar-refractivity contribution in [3.8, 4) is 0 Å². The van der Waals surface area contributed by atoms with E-state index in [0.29, 0.717) is 0 Å². The number of carbonyl (C=O) groups excluding carboxylic acids is 1. The van der Waals surface area contributed by atoms with E-state index in [1.54, 1.807) is 0 Å². The fourth-order valence-corrected chi connectivity index (χ4v) is 1.79. The Bertz CT molecular complexity index is 162. The lowest BCUT2D eigenvalue weighted by Crippen LogP contribution is -2.34. The molecule has 0 bridgehead atoms. The monoisotopic (exact) mass is 171 g/mol. The van der Waals surface area contributed by atoms with Crippen LogP contribution in [0.15, 0.2) is 0 Å². The quantitative estimate of drug-likeness (QED) is 0.634. The first-order chi connectivity index (χ1) is 5.61. The highest BCUT2D eigenvalue weighted by Gasteiger charge is 2.27. The van der Waals surface area contributed by atoms with Gasteiger partial charge < -0.3 is 10.8 Å². The van der Waals surface area contributed by atoms with Crippen LogP contribution in [-0.2, 0) is 4.79 Å². The summed E-state index contributed by atoms with van der Waals surface area (Å²) in [6.07, 6.45) is 2.91. The third-order valence-electron chi connectivity index (χ3n) is 2.68. The Morgan fingerprint density at radius 1 is 1.42 bits per heavy atom. The van der Waals surface area contributed by atoms with E-state index in [4.69, 9.17) is 5.73 Å². The molecule has 0 spiro atoms. The molecule has 1 aliphatic rings. The van der Waals surface area contributed by atoms with Gasteiger partial charge in [-0.15, -0.1) is 0 Å². The number of hydrogen-bond donors (Lipinski definition) is 2. The van der Waals surface area contributed by atoms with Crippen molar-refractivity contribution in [2.75, 3.05) is 0 Å². The second-order valence-corrected chi connectivity index (χ2v) is 3.73. The van der Waals surface area contributed by atoms with Gasteiger partial charge in [0.1, 0.15) is 6.10 Å². The minimum atomic E-state index is -0.752. The topological polar surface area (TPSA) is 63.3 Å². The van der Waals surface area contributed by atoms with Gasteiger partial charge in [-0.3, -0.25) is 4.79 Å². The van der Waals surface area contributed by atoms with Crippen LogP contribution in [0.3, 0.4) is 0 Å². The van der Waals surface area contributed by atoms with Gasteiger partial charge in [0.05, 0.1) is 0 Å². The Labute approximate surface area is 72.9 Å². The minimum Gasteiger partial charge on any atom is -0.385 e. The van der Waals surface area contributed by atoms with Crippen LogP contribution in [0.4, 0.5) is 0 Å². The summed E-state index contributed by atoms with van der Waals surface area (Å²) in [7, 11) is 0. The summed E-state index contributed by atoms with van der Waals surface area (Å²) in [6.45, 7) is 1.44. The van der Waals surface area contributed by atoms with Crippen molar-refractivity contribution < 1.29 is 9.90 Å². The molecule has 3 N–H and O–H groups in total. The number of hydrogen-bond acceptors (Lipinski definition) is 3. The van der Waals surface area contributed by atoms with Gasteiger partial charge in [-0.2, -0.15) is 0 Å². The number of aliphatic hydroxyl groups excluding tert-OH is 1. The molecule has 0 unspecified atom stereocenters. The molecule has 1 rings (SSSR count). The van der Waals surface area contributed by atoms with Crippen molar-refractivity contribution in [1.29, 1.82) is 0 Å². The molecule has 0 aromatic heterocycles. The summed E-state index contributed by atoms with van der Waals surface area (Å²) in [5.41, 5.74) is 5.71. The van der Waals surface area contributed by atoms with Crippen LogP contribution < -0.4 is 5.73 Å². The van der Waals surface area contributed by atoms with Crippen LogP contribution in [0.5, 0.6) is 0 Å². The molecule has 0 aromatic rings. The van der Waals surface area contributed by atoms with E-state index in [9.17, 15) is 9.90 Å². The summed E-state index contributed by atoms with van der Waals surface area (Å²) in [4.78, 5) is 10.8. The largest absolute Gasteiger partial charge is 0.385 e. The van der Waals surface area contributed by atoms with Gasteiger partial charge in [0, 0.05) is 6.04 Å². The Morgan fingerprint density at radius 2 is 1.92 bits per heavy atom. The Morgan fingerprint density at radius 3 is 2.33 bits per heavy atom. The summed E-state index contributed by atoms with van der Waals surface area (Å²) in [5.74, 6) is 0.0396. The van der Waals surface area contributed by atoms with Gasteiger partial charge in [-0.1, -0.05) is 0 Å². The summed E-state index contributed by atoms with van der Waals surface area (Å²) in [5, 5.41) is 9.45. The van der Waals surface area contributed by atoms with Crippen molar-refractivity contribution in [3.63, 3.8) is 0 Å². The van der Waals surface area contributed by atoms with E-state index >= 15 is 0 Å². The maximum absolute atomic E-state index is 10.8. The molecule has 0 aliphatic heterocycles. The minimum absolute atomic E-state index is 0.115. The Balaban J connectivity index is 2.39. The molecule has 1 aliphatic carbocycles. The zero-order valence-corrected chi connectivity index (χ0v) is 7.49. The van der Waals surface area contributed by atoms with Crippen LogP contribution in [0.25, 0.3) is 0 Å². The van der Waals surface area contributed by atoms with Crippen LogP contribution in [-0.4, -0.2) is 23.0 Å². The van der Waals surface area contributed by atoms with Gasteiger partial charge in [-0.05, 0) is 38.5 Å². The highest BCUT2D eigenvalue weighted by Crippen LogP contribution is 2.26. The summed E-state index contributed by atoms with van der Waals surface area (Å²) < 4.78 is 0. The average molecular weight is 171 g/mol. The fourth-order valence-electron chi connectivity index (χ4n) is 1.79. The lowest BCUT2D eigenvalue weighted by molar-refractivity contribution is -0.128. The van der Waals surface area contributed by atoms with E-state index in [0.717, 1.165) is 25.7 Å². The number of aliphatic hydroxyl groups is 1. The molecular formula is C9H17NO2. The van der Waals surface area contributed by atoms with Crippen molar-refractivity contribution in [2.45, 2.75) is 44.8 Å². The highest BCUT2D eigenvalue weighted by molar-refractivity contribution is 5.80. The Hall–Kier alpha value is -0.410. The first-order valence-electron chi connectivity index (χ1n) is 4.55. The van der Waals surface area contributed by atoms with Crippen LogP contribution in [0.1, 0.15) is 32.6 Å². The van der Waals surface area contributed by atoms with Gasteiger partial charge in [-0.25, -0.2) is 0 Å². The summed E-state index contributed by atoms with van der Waals surface area (Å²) in [6, 6.07) is 0.278. The van der Waals surface area contributed by atoms with Crippen molar-refractivity contribution >= 4 is 5.78 Å². The lowest BCUT2D eigenvalue weighted by Gasteiger charge is -2.28. The number of carbonyl (C=O) groups is 1. The third kappa shape index (κ3) is 2.29. The summed E-state index contributed by atoms with van der Waals surface area (Å²) >= 11 is 0. The molecule has 3 nitrogen and oxygen atoms in total. The molecule has 1 fully saturated rings. The molecule has 12 heavy (non-hydrogen) atoms. The lowest BCUT2D eigenvalue weighted by atomic mass is 9.82. The number of Topliss-reactive ketones (excluding diaryl/α,β-unsaturated/α-hetero) is 1. The molecule has 3 heteroatoms. The van der Waals surface area contributed by atoms with Crippen molar-refractivity contribution in [1.82, 2.24) is 0 Å². The maximum Gasteiger partial charge on any atom is 0.158 e. The SMILES string of the molecule is CC(=O)[C@H](O)C1CCC(N)CC1. The second-order valence-electron chi connectivity index (χ2n) is 3.73. The van der Waals surface area contributed by atoms with E-state index in [1.807, 2.05) is 0 Å². The standard InChI is InChI=1S/C9H17NO2/c1-6(11)9(12)7-2-4-8(10)5-3-7/h7-9,12H,2-5,10H2,1H3/t7?,8?,9-/m0/s1. The zero-order chi connectivity index (χ0) is 9.14. The third-order valence-corrected chi connectivity index (χ3v) is 2.68. The van der Waals surface area contributed by atoms with Crippen LogP contribution in [0, 0.1) is 5.92 Å². The van der Waals surface area contributed by atoms with Gasteiger partial charge >= 0.3 is 0 Å². The van der Waals surface area contributed by atoms with Crippen LogP contribution in [0.2, 0.25) is 0 Å². The van der Waals surface area contributed by atoms with Gasteiger partial charge in [0.25, 0.3) is 0 Å². The number of nitrogens with two attached hydrogens (primary N) is 1. The molecule has 0 radical (unpaired) electrons. The van der Waals surface area contributed by atoms with Crippen LogP contribution >= 0.6 is 0 Å². The number of ketones is 1.